The Hall–Kier alpha value is -2.78. The summed E-state index contributed by atoms with van der Waals surface area (Å²) in [5.41, 5.74) is 2.90. The Morgan fingerprint density at radius 2 is 1.78 bits per heavy atom. The van der Waals surface area contributed by atoms with Crippen LogP contribution in [-0.2, 0) is 10.3 Å². The van der Waals surface area contributed by atoms with E-state index in [2.05, 4.69) is 0 Å². The molecular weight excluding hydrogens is 507 g/mol. The zero-order valence-electron chi connectivity index (χ0n) is 20.9. The molecule has 0 unspecified atom stereocenters. The maximum absolute atomic E-state index is 14.0. The number of benzene rings is 2. The number of hydrogen-bond donors (Lipinski definition) is 1. The van der Waals surface area contributed by atoms with Crippen molar-refractivity contribution in [3.05, 3.63) is 64.7 Å². The molecular formula is C27H31ClF3N3O3. The molecule has 37 heavy (non-hydrogen) atoms. The molecule has 0 radical (unpaired) electrons. The summed E-state index contributed by atoms with van der Waals surface area (Å²) in [6.07, 6.45) is -1.89. The average Bonchev–Trinajstić information content (AvgIpc) is 3.53. The molecule has 2 N–H and O–H groups in total. The van der Waals surface area contributed by atoms with Crippen LogP contribution in [0.4, 0.5) is 13.2 Å². The molecule has 2 atom stereocenters. The van der Waals surface area contributed by atoms with E-state index in [0.717, 1.165) is 12.8 Å². The molecule has 2 amide bonds. The van der Waals surface area contributed by atoms with Crippen LogP contribution < -0.4 is 10.5 Å². The number of piperidine rings is 1. The van der Waals surface area contributed by atoms with Gasteiger partial charge in [0.2, 0.25) is 5.54 Å². The molecule has 1 aliphatic heterocycles. The fourth-order valence-corrected chi connectivity index (χ4v) is 5.54. The van der Waals surface area contributed by atoms with Crippen LogP contribution >= 0.6 is 11.6 Å². The zero-order chi connectivity index (χ0) is 27.0. The van der Waals surface area contributed by atoms with Gasteiger partial charge in [-0.15, -0.1) is 0 Å². The highest BCUT2D eigenvalue weighted by Crippen LogP contribution is 2.61. The van der Waals surface area contributed by atoms with Crippen LogP contribution in [0.1, 0.15) is 41.6 Å². The van der Waals surface area contributed by atoms with Gasteiger partial charge in [-0.05, 0) is 60.8 Å². The van der Waals surface area contributed by atoms with Gasteiger partial charge in [0.15, 0.2) is 0 Å². The van der Waals surface area contributed by atoms with E-state index >= 15 is 0 Å². The smallest absolute Gasteiger partial charge is 0.419 e. The Balaban J connectivity index is 1.30. The summed E-state index contributed by atoms with van der Waals surface area (Å²) in [6, 6.07) is 11.9. The number of carbonyl (C=O) groups excluding carboxylic acids is 2. The van der Waals surface area contributed by atoms with Gasteiger partial charge in [0.1, 0.15) is 5.75 Å². The Labute approximate surface area is 219 Å². The van der Waals surface area contributed by atoms with Gasteiger partial charge in [0.25, 0.3) is 11.8 Å². The highest BCUT2D eigenvalue weighted by Gasteiger charge is 2.62. The van der Waals surface area contributed by atoms with E-state index in [-0.39, 0.29) is 30.0 Å². The second-order valence-corrected chi connectivity index (χ2v) is 10.6. The maximum atomic E-state index is 14.0. The van der Waals surface area contributed by atoms with Crippen LogP contribution in [0.3, 0.4) is 0 Å². The van der Waals surface area contributed by atoms with Gasteiger partial charge >= 0.3 is 6.18 Å². The van der Waals surface area contributed by atoms with Crippen LogP contribution in [0.15, 0.2) is 48.5 Å². The minimum Gasteiger partial charge on any atom is -0.494 e. The Kier molecular flexibility index (Phi) is 7.50. The van der Waals surface area contributed by atoms with E-state index in [1.54, 1.807) is 38.4 Å². The number of halogens is 4. The first-order valence-electron chi connectivity index (χ1n) is 12.2. The van der Waals surface area contributed by atoms with E-state index in [1.807, 2.05) is 0 Å². The SMILES string of the molecule is CN(C)C(=O)c1ccc(OCC[C@@H]2CC23CCN(C(=O)[C@](N)(c2ccccc2)C(F)(F)F)CC3)cc1Cl. The standard InChI is InChI=1S/C27H31ClF3N3O3/c1-33(2)23(35)21-9-8-20(16-22(21)28)37-15-10-19-17-25(19)11-13-34(14-12-25)24(36)26(32,27(29,30)31)18-6-4-3-5-7-18/h3-9,16,19H,10-15,17,32H2,1-2H3/t19-,26-/m1/s1. The largest absolute Gasteiger partial charge is 0.494 e. The number of nitrogens with zero attached hydrogens (tertiary/aromatic N) is 2. The number of ether oxygens (including phenoxy) is 1. The summed E-state index contributed by atoms with van der Waals surface area (Å²) >= 11 is 6.24. The number of hydrogen-bond acceptors (Lipinski definition) is 4. The fraction of sp³-hybridized carbons (Fsp3) is 0.481. The van der Waals surface area contributed by atoms with Gasteiger partial charge in [-0.3, -0.25) is 9.59 Å². The average molecular weight is 538 g/mol. The lowest BCUT2D eigenvalue weighted by molar-refractivity contribution is -0.201. The van der Waals surface area contributed by atoms with Crippen molar-refractivity contribution in [3.8, 4) is 5.75 Å². The normalized spacial score (nSPS) is 20.3. The lowest BCUT2D eigenvalue weighted by Gasteiger charge is -2.39. The van der Waals surface area contributed by atoms with Gasteiger partial charge < -0.3 is 20.3 Å². The molecule has 2 aromatic rings. The third-order valence-electron chi connectivity index (χ3n) is 7.73. The van der Waals surface area contributed by atoms with Gasteiger partial charge in [0, 0.05) is 27.2 Å². The molecule has 1 saturated carbocycles. The zero-order valence-corrected chi connectivity index (χ0v) is 21.6. The van der Waals surface area contributed by atoms with Crippen LogP contribution in [0.5, 0.6) is 5.75 Å². The third kappa shape index (κ3) is 5.29. The first kappa shape index (κ1) is 27.3. The van der Waals surface area contributed by atoms with Crippen molar-refractivity contribution in [2.75, 3.05) is 33.8 Å². The minimum absolute atomic E-state index is 0.0298. The van der Waals surface area contributed by atoms with Gasteiger partial charge in [0.05, 0.1) is 17.2 Å². The quantitative estimate of drug-likeness (QED) is 0.547. The monoisotopic (exact) mass is 537 g/mol. The summed E-state index contributed by atoms with van der Waals surface area (Å²) in [5.74, 6) is -0.334. The highest BCUT2D eigenvalue weighted by atomic mass is 35.5. The molecule has 2 aliphatic rings. The van der Waals surface area contributed by atoms with Crippen molar-refractivity contribution >= 4 is 23.4 Å². The molecule has 1 spiro atoms. The summed E-state index contributed by atoms with van der Waals surface area (Å²) < 4.78 is 47.9. The second kappa shape index (κ2) is 10.2. The molecule has 10 heteroatoms. The lowest BCUT2D eigenvalue weighted by atomic mass is 9.85. The molecule has 4 rings (SSSR count). The van der Waals surface area contributed by atoms with Gasteiger partial charge in [-0.1, -0.05) is 41.9 Å². The molecule has 6 nitrogen and oxygen atoms in total. The first-order chi connectivity index (χ1) is 17.4. The fourth-order valence-electron chi connectivity index (χ4n) is 5.29. The van der Waals surface area contributed by atoms with E-state index in [1.165, 1.54) is 34.1 Å². The molecule has 1 saturated heterocycles. The van der Waals surface area contributed by atoms with Crippen LogP contribution in [0.2, 0.25) is 5.02 Å². The molecule has 2 aromatic carbocycles. The van der Waals surface area contributed by atoms with Gasteiger partial charge in [-0.2, -0.15) is 13.2 Å². The van der Waals surface area contributed by atoms with Gasteiger partial charge in [-0.25, -0.2) is 0 Å². The summed E-state index contributed by atoms with van der Waals surface area (Å²) in [7, 11) is 3.31. The highest BCUT2D eigenvalue weighted by molar-refractivity contribution is 6.34. The first-order valence-corrected chi connectivity index (χ1v) is 12.6. The van der Waals surface area contributed by atoms with Crippen LogP contribution in [0, 0.1) is 11.3 Å². The number of alkyl halides is 3. The molecule has 0 bridgehead atoms. The minimum atomic E-state index is -4.92. The number of rotatable bonds is 7. The molecule has 2 fully saturated rings. The molecule has 200 valence electrons. The summed E-state index contributed by atoms with van der Waals surface area (Å²) in [6.45, 7) is 0.949. The van der Waals surface area contributed by atoms with Crippen molar-refractivity contribution in [3.63, 3.8) is 0 Å². The van der Waals surface area contributed by atoms with Crippen LogP contribution in [0.25, 0.3) is 0 Å². The van der Waals surface area contributed by atoms with Crippen molar-refractivity contribution in [1.82, 2.24) is 9.80 Å². The number of carbonyl (C=O) groups is 2. The third-order valence-corrected chi connectivity index (χ3v) is 8.04. The van der Waals surface area contributed by atoms with Crippen molar-refractivity contribution in [1.29, 1.82) is 0 Å². The number of nitrogens with two attached hydrogens (primary N) is 1. The summed E-state index contributed by atoms with van der Waals surface area (Å²) in [4.78, 5) is 27.9. The Morgan fingerprint density at radius 3 is 2.35 bits per heavy atom. The molecule has 1 aliphatic carbocycles. The predicted octanol–water partition coefficient (Wildman–Crippen LogP) is 4.86. The second-order valence-electron chi connectivity index (χ2n) is 10.2. The molecule has 0 aromatic heterocycles. The molecule has 1 heterocycles. The van der Waals surface area contributed by atoms with E-state index in [0.29, 0.717) is 41.7 Å². The summed E-state index contributed by atoms with van der Waals surface area (Å²) in [5, 5.41) is 0.321. The predicted molar refractivity (Wildman–Crippen MR) is 134 cm³/mol. The number of likely N-dealkylation sites (tertiary alicyclic amines) is 1. The Morgan fingerprint density at radius 1 is 1.14 bits per heavy atom. The lowest BCUT2D eigenvalue weighted by Crippen LogP contribution is -2.62. The topological polar surface area (TPSA) is 75.9 Å². The van der Waals surface area contributed by atoms with E-state index < -0.39 is 17.6 Å². The van der Waals surface area contributed by atoms with Crippen LogP contribution in [-0.4, -0.2) is 61.6 Å². The van der Waals surface area contributed by atoms with Crippen molar-refractivity contribution in [2.45, 2.75) is 37.4 Å². The van der Waals surface area contributed by atoms with E-state index in [9.17, 15) is 22.8 Å². The van der Waals surface area contributed by atoms with Crippen molar-refractivity contribution < 1.29 is 27.5 Å². The van der Waals surface area contributed by atoms with E-state index in [4.69, 9.17) is 22.1 Å². The number of amides is 2. The Bertz CT molecular complexity index is 1150. The maximum Gasteiger partial charge on any atom is 0.419 e. The van der Waals surface area contributed by atoms with Crippen molar-refractivity contribution in [2.24, 2.45) is 17.1 Å².